The van der Waals surface area contributed by atoms with Crippen molar-refractivity contribution in [1.29, 1.82) is 0 Å². The summed E-state index contributed by atoms with van der Waals surface area (Å²) in [7, 11) is 1.64. The number of primary amides is 1. The Labute approximate surface area is 161 Å². The minimum atomic E-state index is -1.64. The number of aliphatic hydroxyl groups is 1. The molecule has 2 aromatic rings. The summed E-state index contributed by atoms with van der Waals surface area (Å²) < 4.78 is 1.88. The van der Waals surface area contributed by atoms with Gasteiger partial charge in [0, 0.05) is 49.7 Å². The van der Waals surface area contributed by atoms with E-state index in [9.17, 15) is 14.7 Å². The predicted molar refractivity (Wildman–Crippen MR) is 101 cm³/mol. The lowest BCUT2D eigenvalue weighted by atomic mass is 10.0. The Morgan fingerprint density at radius 3 is 2.93 bits per heavy atom. The third-order valence-corrected chi connectivity index (χ3v) is 4.93. The number of nitrogens with two attached hydrogens (primary N) is 1. The molecule has 1 fully saturated rings. The number of carbonyl (C=O) groups excluding carboxylic acids is 2. The molecule has 142 valence electrons. The first-order chi connectivity index (χ1) is 13.4. The number of carbonyl (C=O) groups is 2. The highest BCUT2D eigenvalue weighted by Gasteiger charge is 2.42. The fraction of sp³-hybridized carbons (Fsp3) is 0.250. The molecule has 0 saturated carbocycles. The molecule has 3 amide bonds. The minimum absolute atomic E-state index is 0.284. The van der Waals surface area contributed by atoms with E-state index in [0.717, 1.165) is 11.3 Å². The smallest absolute Gasteiger partial charge is 0.319 e. The second-order valence-corrected chi connectivity index (χ2v) is 6.86. The molecule has 0 radical (unpaired) electrons. The molecular formula is C20H19N5O3. The maximum Gasteiger partial charge on any atom is 0.319 e. The molecule has 8 nitrogen and oxygen atoms in total. The number of likely N-dealkylation sites (N-methyl/N-ethyl adjacent to an activating group) is 1. The van der Waals surface area contributed by atoms with Crippen LogP contribution >= 0.6 is 0 Å². The summed E-state index contributed by atoms with van der Waals surface area (Å²) in [6.07, 6.45) is 5.43. The summed E-state index contributed by atoms with van der Waals surface area (Å²) in [5.41, 5.74) is 5.98. The van der Waals surface area contributed by atoms with E-state index in [0.29, 0.717) is 24.5 Å². The number of amides is 3. The number of rotatable bonds is 1. The van der Waals surface area contributed by atoms with Gasteiger partial charge in [0.25, 0.3) is 5.91 Å². The second-order valence-electron chi connectivity index (χ2n) is 6.86. The number of aromatic nitrogens is 2. The molecule has 3 N–H and O–H groups in total. The van der Waals surface area contributed by atoms with Crippen molar-refractivity contribution in [2.24, 2.45) is 5.73 Å². The van der Waals surface area contributed by atoms with Crippen LogP contribution < -0.4 is 5.73 Å². The molecule has 1 unspecified atom stereocenters. The van der Waals surface area contributed by atoms with E-state index in [4.69, 9.17) is 5.73 Å². The van der Waals surface area contributed by atoms with E-state index in [1.807, 2.05) is 29.0 Å². The normalized spacial score (nSPS) is 21.1. The van der Waals surface area contributed by atoms with Gasteiger partial charge in [0.2, 0.25) is 5.60 Å². The summed E-state index contributed by atoms with van der Waals surface area (Å²) in [5.74, 6) is 5.93. The summed E-state index contributed by atoms with van der Waals surface area (Å²) in [4.78, 5) is 30.9. The number of urea groups is 1. The third-order valence-electron chi connectivity index (χ3n) is 4.93. The van der Waals surface area contributed by atoms with Gasteiger partial charge in [-0.15, -0.1) is 0 Å². The van der Waals surface area contributed by atoms with E-state index in [1.165, 1.54) is 9.80 Å². The van der Waals surface area contributed by atoms with E-state index in [1.54, 1.807) is 25.5 Å². The molecule has 0 spiro atoms. The maximum absolute atomic E-state index is 12.1. The third kappa shape index (κ3) is 3.02. The van der Waals surface area contributed by atoms with Gasteiger partial charge in [-0.25, -0.2) is 9.78 Å². The van der Waals surface area contributed by atoms with Gasteiger partial charge in [-0.2, -0.15) is 0 Å². The molecule has 1 saturated heterocycles. The van der Waals surface area contributed by atoms with Crippen LogP contribution in [0.1, 0.15) is 23.4 Å². The largest absolute Gasteiger partial charge is 0.369 e. The molecule has 1 atom stereocenters. The van der Waals surface area contributed by atoms with Crippen LogP contribution in [-0.4, -0.2) is 55.6 Å². The average Bonchev–Trinajstić information content (AvgIpc) is 3.27. The Morgan fingerprint density at radius 2 is 2.21 bits per heavy atom. The van der Waals surface area contributed by atoms with E-state index in [-0.39, 0.29) is 12.3 Å². The fourth-order valence-electron chi connectivity index (χ4n) is 3.34. The van der Waals surface area contributed by atoms with E-state index >= 15 is 0 Å². The van der Waals surface area contributed by atoms with Gasteiger partial charge in [0.05, 0.1) is 12.2 Å². The van der Waals surface area contributed by atoms with E-state index in [2.05, 4.69) is 16.8 Å². The molecular weight excluding hydrogens is 358 g/mol. The summed E-state index contributed by atoms with van der Waals surface area (Å²) in [6, 6.07) is 6.78. The van der Waals surface area contributed by atoms with Crippen LogP contribution in [-0.2, 0) is 11.3 Å². The van der Waals surface area contributed by atoms with Gasteiger partial charge >= 0.3 is 6.03 Å². The number of imidazole rings is 1. The standard InChI is InChI=1S/C20H19N5O3/c1-23-9-7-20(28,18(23)26)6-5-14-3-2-4-15(11-14)16-12-24(19(21)27)13-17-22-8-10-25(16)17/h2-4,8,10-12,28H,7,9,13H2,1H3,(H2,21,27). The topological polar surface area (TPSA) is 105 Å². The van der Waals surface area contributed by atoms with Crippen LogP contribution in [0, 0.1) is 11.8 Å². The molecule has 2 aliphatic rings. The SMILES string of the molecule is CN1CCC(O)(C#Cc2cccc(C3=CN(C(N)=O)Cc4nccn43)c2)C1=O. The number of nitrogens with zero attached hydrogens (tertiary/aromatic N) is 4. The van der Waals surface area contributed by atoms with Gasteiger partial charge in [-0.3, -0.25) is 9.69 Å². The van der Waals surface area contributed by atoms with Crippen LogP contribution in [0.25, 0.3) is 5.70 Å². The monoisotopic (exact) mass is 377 g/mol. The lowest BCUT2D eigenvalue weighted by Crippen LogP contribution is -2.37. The van der Waals surface area contributed by atoms with Gasteiger partial charge in [0.15, 0.2) is 0 Å². The number of hydrogen-bond donors (Lipinski definition) is 2. The summed E-state index contributed by atoms with van der Waals surface area (Å²) in [6.45, 7) is 0.775. The van der Waals surface area contributed by atoms with Gasteiger partial charge < -0.3 is 20.3 Å². The Morgan fingerprint density at radius 1 is 1.39 bits per heavy atom. The molecule has 0 aliphatic carbocycles. The first-order valence-corrected chi connectivity index (χ1v) is 8.79. The van der Waals surface area contributed by atoms with Crippen molar-refractivity contribution in [3.05, 3.63) is 59.8 Å². The second kappa shape index (κ2) is 6.55. The highest BCUT2D eigenvalue weighted by Crippen LogP contribution is 2.26. The van der Waals surface area contributed by atoms with Crippen molar-refractivity contribution >= 4 is 17.6 Å². The summed E-state index contributed by atoms with van der Waals surface area (Å²) in [5, 5.41) is 10.5. The molecule has 1 aromatic carbocycles. The van der Waals surface area contributed by atoms with Crippen molar-refractivity contribution in [2.45, 2.75) is 18.6 Å². The van der Waals surface area contributed by atoms with Crippen molar-refractivity contribution < 1.29 is 14.7 Å². The van der Waals surface area contributed by atoms with Gasteiger partial charge in [0.1, 0.15) is 5.82 Å². The highest BCUT2D eigenvalue weighted by molar-refractivity contribution is 5.90. The molecule has 8 heteroatoms. The average molecular weight is 377 g/mol. The first-order valence-electron chi connectivity index (χ1n) is 8.79. The maximum atomic E-state index is 12.1. The van der Waals surface area contributed by atoms with Crippen molar-refractivity contribution in [3.63, 3.8) is 0 Å². The molecule has 28 heavy (non-hydrogen) atoms. The minimum Gasteiger partial charge on any atom is -0.369 e. The lowest BCUT2D eigenvalue weighted by Gasteiger charge is -2.25. The lowest BCUT2D eigenvalue weighted by molar-refractivity contribution is -0.137. The van der Waals surface area contributed by atoms with Crippen LogP contribution in [0.2, 0.25) is 0 Å². The number of fused-ring (bicyclic) bond motifs is 1. The molecule has 1 aromatic heterocycles. The summed E-state index contributed by atoms with van der Waals surface area (Å²) >= 11 is 0. The van der Waals surface area contributed by atoms with Crippen LogP contribution in [0.15, 0.2) is 42.9 Å². The van der Waals surface area contributed by atoms with Crippen molar-refractivity contribution in [2.75, 3.05) is 13.6 Å². The number of hydrogen-bond acceptors (Lipinski definition) is 4. The van der Waals surface area contributed by atoms with Gasteiger partial charge in [-0.1, -0.05) is 24.0 Å². The quantitative estimate of drug-likeness (QED) is 0.709. The molecule has 3 heterocycles. The van der Waals surface area contributed by atoms with E-state index < -0.39 is 11.6 Å². The van der Waals surface area contributed by atoms with Crippen LogP contribution in [0.3, 0.4) is 0 Å². The molecule has 0 bridgehead atoms. The number of benzene rings is 1. The zero-order chi connectivity index (χ0) is 19.9. The molecule has 2 aliphatic heterocycles. The van der Waals surface area contributed by atoms with Crippen LogP contribution in [0.4, 0.5) is 4.79 Å². The highest BCUT2D eigenvalue weighted by atomic mass is 16.3. The Hall–Kier alpha value is -3.57. The predicted octanol–water partition coefficient (Wildman–Crippen LogP) is 0.569. The Kier molecular flexibility index (Phi) is 4.17. The van der Waals surface area contributed by atoms with Gasteiger partial charge in [-0.05, 0) is 12.1 Å². The van der Waals surface area contributed by atoms with Crippen molar-refractivity contribution in [1.82, 2.24) is 19.4 Å². The zero-order valence-electron chi connectivity index (χ0n) is 15.3. The zero-order valence-corrected chi connectivity index (χ0v) is 15.3. The van der Waals surface area contributed by atoms with Crippen LogP contribution in [0.5, 0.6) is 0 Å². The fourth-order valence-corrected chi connectivity index (χ4v) is 3.34. The Bertz CT molecular complexity index is 1060. The first kappa shape index (κ1) is 17.8. The Balaban J connectivity index is 1.69. The molecule has 4 rings (SSSR count). The number of likely N-dealkylation sites (tertiary alicyclic amines) is 1. The van der Waals surface area contributed by atoms with Crippen molar-refractivity contribution in [3.8, 4) is 11.8 Å².